The van der Waals surface area contributed by atoms with Crippen molar-refractivity contribution in [2.45, 2.75) is 30.9 Å². The van der Waals surface area contributed by atoms with Gasteiger partial charge in [0.1, 0.15) is 10.7 Å². The third-order valence-electron chi connectivity index (χ3n) is 2.65. The zero-order valence-electron chi connectivity index (χ0n) is 11.2. The molecule has 0 aliphatic carbocycles. The summed E-state index contributed by atoms with van der Waals surface area (Å²) < 4.78 is 40.7. The van der Waals surface area contributed by atoms with Crippen molar-refractivity contribution in [3.8, 4) is 0 Å². The lowest BCUT2D eigenvalue weighted by molar-refractivity contribution is 0.274. The molecule has 0 radical (unpaired) electrons. The Morgan fingerprint density at radius 1 is 1.50 bits per heavy atom. The molecule has 1 unspecified atom stereocenters. The molecule has 0 heterocycles. The van der Waals surface area contributed by atoms with Crippen molar-refractivity contribution in [3.05, 3.63) is 28.5 Å². The Morgan fingerprint density at radius 2 is 2.15 bits per heavy atom. The van der Waals surface area contributed by atoms with Crippen LogP contribution in [0.2, 0.25) is 5.02 Å². The molecule has 20 heavy (non-hydrogen) atoms. The number of aliphatic hydroxyl groups excluding tert-OH is 1. The van der Waals surface area contributed by atoms with Gasteiger partial charge in [-0.1, -0.05) is 11.6 Å². The fraction of sp³-hybridized carbons (Fsp3) is 0.500. The quantitative estimate of drug-likeness (QED) is 0.799. The topological polar surface area (TPSA) is 66.4 Å². The Kier molecular flexibility index (Phi) is 6.74. The fourth-order valence-corrected chi connectivity index (χ4v) is 3.93. The summed E-state index contributed by atoms with van der Waals surface area (Å²) in [6.45, 7) is 1.10. The van der Waals surface area contributed by atoms with E-state index in [2.05, 4.69) is 4.72 Å². The maximum atomic E-state index is 14.0. The van der Waals surface area contributed by atoms with Crippen LogP contribution >= 0.6 is 23.4 Å². The van der Waals surface area contributed by atoms with Crippen LogP contribution in [0.1, 0.15) is 18.9 Å². The number of sulfonamides is 1. The van der Waals surface area contributed by atoms with Gasteiger partial charge in [-0.25, -0.2) is 17.5 Å². The van der Waals surface area contributed by atoms with Gasteiger partial charge in [-0.15, -0.1) is 0 Å². The summed E-state index contributed by atoms with van der Waals surface area (Å²) in [5.74, 6) is -0.176. The molecule has 0 bridgehead atoms. The van der Waals surface area contributed by atoms with Gasteiger partial charge in [-0.05, 0) is 37.5 Å². The van der Waals surface area contributed by atoms with Crippen LogP contribution in [-0.2, 0) is 16.6 Å². The molecule has 0 aliphatic rings. The molecule has 0 saturated heterocycles. The van der Waals surface area contributed by atoms with E-state index >= 15 is 0 Å². The van der Waals surface area contributed by atoms with E-state index < -0.39 is 27.3 Å². The first-order valence-electron chi connectivity index (χ1n) is 5.92. The molecule has 2 N–H and O–H groups in total. The number of thioether (sulfide) groups is 1. The van der Waals surface area contributed by atoms with E-state index in [9.17, 15) is 12.8 Å². The smallest absolute Gasteiger partial charge is 0.243 e. The zero-order chi connectivity index (χ0) is 15.3. The predicted octanol–water partition coefficient (Wildman–Crippen LogP) is 2.39. The van der Waals surface area contributed by atoms with Gasteiger partial charge in [0.25, 0.3) is 0 Å². The number of aliphatic hydroxyl groups is 1. The van der Waals surface area contributed by atoms with Gasteiger partial charge >= 0.3 is 0 Å². The molecular formula is C12H17ClFNO3S2. The van der Waals surface area contributed by atoms with Gasteiger partial charge in [0.2, 0.25) is 10.0 Å². The number of benzene rings is 1. The summed E-state index contributed by atoms with van der Waals surface area (Å²) in [6.07, 6.45) is 2.56. The second-order valence-corrected chi connectivity index (χ2v) is 7.44. The van der Waals surface area contributed by atoms with E-state index in [1.54, 1.807) is 18.7 Å². The van der Waals surface area contributed by atoms with E-state index in [0.717, 1.165) is 11.8 Å². The monoisotopic (exact) mass is 341 g/mol. The van der Waals surface area contributed by atoms with Crippen LogP contribution in [0.25, 0.3) is 0 Å². The van der Waals surface area contributed by atoms with Crippen LogP contribution in [-0.4, -0.2) is 31.6 Å². The van der Waals surface area contributed by atoms with Gasteiger partial charge in [-0.3, -0.25) is 0 Å². The number of hydrogen-bond donors (Lipinski definition) is 2. The summed E-state index contributed by atoms with van der Waals surface area (Å²) >= 11 is 7.35. The van der Waals surface area contributed by atoms with E-state index in [-0.39, 0.29) is 16.6 Å². The summed E-state index contributed by atoms with van der Waals surface area (Å²) in [4.78, 5) is -0.537. The molecule has 1 aromatic carbocycles. The normalized spacial score (nSPS) is 13.4. The average Bonchev–Trinajstić information content (AvgIpc) is 2.37. The van der Waals surface area contributed by atoms with Crippen molar-refractivity contribution in [2.24, 2.45) is 0 Å². The SMILES string of the molecule is CSCCC(C)NS(=O)(=O)c1cc(Cl)cc(CO)c1F. The number of hydrogen-bond acceptors (Lipinski definition) is 4. The van der Waals surface area contributed by atoms with E-state index in [4.69, 9.17) is 16.7 Å². The highest BCUT2D eigenvalue weighted by atomic mass is 35.5. The fourth-order valence-electron chi connectivity index (χ4n) is 1.61. The van der Waals surface area contributed by atoms with Gasteiger partial charge in [0, 0.05) is 16.6 Å². The molecular weight excluding hydrogens is 325 g/mol. The van der Waals surface area contributed by atoms with E-state index in [1.165, 1.54) is 6.07 Å². The van der Waals surface area contributed by atoms with Crippen LogP contribution in [0.4, 0.5) is 4.39 Å². The van der Waals surface area contributed by atoms with Crippen molar-refractivity contribution in [1.82, 2.24) is 4.72 Å². The highest BCUT2D eigenvalue weighted by Gasteiger charge is 2.23. The molecule has 1 atom stereocenters. The predicted molar refractivity (Wildman–Crippen MR) is 80.1 cm³/mol. The third-order valence-corrected chi connectivity index (χ3v) is 5.10. The molecule has 0 spiro atoms. The molecule has 0 aliphatic heterocycles. The van der Waals surface area contributed by atoms with Gasteiger partial charge in [-0.2, -0.15) is 11.8 Å². The number of nitrogens with one attached hydrogen (secondary N) is 1. The standard InChI is InChI=1S/C12H17ClFNO3S2/c1-8(3-4-19-2)15-20(17,18)11-6-10(13)5-9(7-16)12(11)14/h5-6,8,15-16H,3-4,7H2,1-2H3. The van der Waals surface area contributed by atoms with E-state index in [0.29, 0.717) is 6.42 Å². The number of rotatable bonds is 7. The van der Waals surface area contributed by atoms with Crippen molar-refractivity contribution in [1.29, 1.82) is 0 Å². The maximum Gasteiger partial charge on any atom is 0.243 e. The zero-order valence-corrected chi connectivity index (χ0v) is 13.6. The van der Waals surface area contributed by atoms with E-state index in [1.807, 2.05) is 6.26 Å². The molecule has 8 heteroatoms. The minimum absolute atomic E-state index is 0.0626. The van der Waals surface area contributed by atoms with Crippen LogP contribution in [0.5, 0.6) is 0 Å². The molecule has 0 fully saturated rings. The Morgan fingerprint density at radius 3 is 2.70 bits per heavy atom. The first-order chi connectivity index (χ1) is 9.31. The Balaban J connectivity index is 3.06. The number of halogens is 2. The van der Waals surface area contributed by atoms with Crippen LogP contribution < -0.4 is 4.72 Å². The van der Waals surface area contributed by atoms with Crippen molar-refractivity contribution in [3.63, 3.8) is 0 Å². The molecule has 0 amide bonds. The highest BCUT2D eigenvalue weighted by Crippen LogP contribution is 2.24. The Labute approximate surface area is 127 Å². The molecule has 0 aromatic heterocycles. The summed E-state index contributed by atoms with van der Waals surface area (Å²) in [5, 5.41) is 9.08. The lowest BCUT2D eigenvalue weighted by Gasteiger charge is -2.15. The van der Waals surface area contributed by atoms with Gasteiger partial charge in [0.15, 0.2) is 0 Å². The second kappa shape index (κ2) is 7.61. The van der Waals surface area contributed by atoms with Gasteiger partial charge in [0.05, 0.1) is 6.61 Å². The van der Waals surface area contributed by atoms with Crippen molar-refractivity contribution >= 4 is 33.4 Å². The molecule has 1 aromatic rings. The first kappa shape index (κ1) is 17.7. The van der Waals surface area contributed by atoms with Crippen molar-refractivity contribution in [2.75, 3.05) is 12.0 Å². The first-order valence-corrected chi connectivity index (χ1v) is 9.17. The Hall–Kier alpha value is -0.340. The molecule has 4 nitrogen and oxygen atoms in total. The van der Waals surface area contributed by atoms with Crippen molar-refractivity contribution < 1.29 is 17.9 Å². The maximum absolute atomic E-state index is 14.0. The highest BCUT2D eigenvalue weighted by molar-refractivity contribution is 7.98. The van der Waals surface area contributed by atoms with Crippen LogP contribution in [0.3, 0.4) is 0 Å². The molecule has 114 valence electrons. The largest absolute Gasteiger partial charge is 0.392 e. The van der Waals surface area contributed by atoms with Gasteiger partial charge < -0.3 is 5.11 Å². The lowest BCUT2D eigenvalue weighted by atomic mass is 10.2. The summed E-state index contributed by atoms with van der Waals surface area (Å²) in [7, 11) is -4.01. The minimum atomic E-state index is -4.01. The lowest BCUT2D eigenvalue weighted by Crippen LogP contribution is -2.33. The van der Waals surface area contributed by atoms with Crippen LogP contribution in [0, 0.1) is 5.82 Å². The summed E-state index contributed by atoms with van der Waals surface area (Å²) in [6, 6.07) is 1.93. The Bertz CT molecular complexity index is 566. The second-order valence-electron chi connectivity index (χ2n) is 4.34. The molecule has 0 saturated carbocycles. The molecule has 1 rings (SSSR count). The summed E-state index contributed by atoms with van der Waals surface area (Å²) in [5.41, 5.74) is -0.144. The third kappa shape index (κ3) is 4.60. The average molecular weight is 342 g/mol. The van der Waals surface area contributed by atoms with Crippen LogP contribution in [0.15, 0.2) is 17.0 Å². The minimum Gasteiger partial charge on any atom is -0.392 e.